The summed E-state index contributed by atoms with van der Waals surface area (Å²) in [6, 6.07) is 8.40. The highest BCUT2D eigenvalue weighted by molar-refractivity contribution is 14.1. The molecule has 1 saturated heterocycles. The minimum atomic E-state index is -0.438. The predicted octanol–water partition coefficient (Wildman–Crippen LogP) is 2.52. The quantitative estimate of drug-likeness (QED) is 0.789. The van der Waals surface area contributed by atoms with Gasteiger partial charge < -0.3 is 10.4 Å². The van der Waals surface area contributed by atoms with Crippen LogP contribution in [0.4, 0.5) is 0 Å². The van der Waals surface area contributed by atoms with Gasteiger partial charge in [-0.15, -0.1) is 0 Å². The Labute approximate surface area is 132 Å². The lowest BCUT2D eigenvalue weighted by Crippen LogP contribution is -2.41. The molecule has 2 unspecified atom stereocenters. The molecular formula is C16H18INO2. The number of aliphatic hydroxyl groups is 1. The lowest BCUT2D eigenvalue weighted by Gasteiger charge is -2.28. The van der Waals surface area contributed by atoms with Gasteiger partial charge in [0, 0.05) is 21.6 Å². The van der Waals surface area contributed by atoms with Crippen molar-refractivity contribution in [3.63, 3.8) is 0 Å². The van der Waals surface area contributed by atoms with E-state index in [1.165, 1.54) is 3.57 Å². The van der Waals surface area contributed by atoms with Crippen molar-refractivity contribution >= 4 is 33.9 Å². The number of rotatable bonds is 3. The van der Waals surface area contributed by atoms with Gasteiger partial charge in [-0.2, -0.15) is 0 Å². The van der Waals surface area contributed by atoms with Crippen molar-refractivity contribution in [3.05, 3.63) is 39.0 Å². The van der Waals surface area contributed by atoms with Crippen molar-refractivity contribution in [1.82, 2.24) is 5.32 Å². The van der Waals surface area contributed by atoms with Crippen molar-refractivity contribution in [3.8, 4) is 0 Å². The topological polar surface area (TPSA) is 49.3 Å². The molecule has 0 amide bonds. The average Bonchev–Trinajstić information content (AvgIpc) is 2.74. The fraction of sp³-hybridized carbons (Fsp3) is 0.438. The Kier molecular flexibility index (Phi) is 3.97. The highest BCUT2D eigenvalue weighted by Gasteiger charge is 2.42. The van der Waals surface area contributed by atoms with Crippen molar-refractivity contribution in [1.29, 1.82) is 0 Å². The molecule has 2 bridgehead atoms. The molecule has 20 heavy (non-hydrogen) atoms. The molecule has 0 saturated carbocycles. The molecule has 4 heteroatoms. The van der Waals surface area contributed by atoms with Crippen LogP contribution in [0.5, 0.6) is 0 Å². The summed E-state index contributed by atoms with van der Waals surface area (Å²) in [6.45, 7) is 1.88. The fourth-order valence-corrected chi connectivity index (χ4v) is 3.64. The third-order valence-electron chi connectivity index (χ3n) is 4.23. The van der Waals surface area contributed by atoms with E-state index >= 15 is 0 Å². The number of hydrogen-bond acceptors (Lipinski definition) is 3. The smallest absolute Gasteiger partial charge is 0.160 e. The molecule has 1 aromatic rings. The molecule has 3 rings (SSSR count). The summed E-state index contributed by atoms with van der Waals surface area (Å²) in [5, 5.41) is 13.6. The van der Waals surface area contributed by atoms with Crippen LogP contribution in [0.1, 0.15) is 31.7 Å². The highest BCUT2D eigenvalue weighted by atomic mass is 127. The van der Waals surface area contributed by atoms with E-state index in [1.807, 2.05) is 6.92 Å². The summed E-state index contributed by atoms with van der Waals surface area (Å²) in [4.78, 5) is 12.3. The number of carbonyl (C=O) groups is 1. The SMILES string of the molecule is CCC(=O)C1=C(c2ccc(I)cc2)CC2CC(O)[C@@H]1N2. The van der Waals surface area contributed by atoms with Crippen molar-refractivity contribution < 1.29 is 9.90 Å². The van der Waals surface area contributed by atoms with Crippen molar-refractivity contribution in [2.24, 2.45) is 0 Å². The molecule has 2 heterocycles. The van der Waals surface area contributed by atoms with E-state index in [2.05, 4.69) is 52.2 Å². The van der Waals surface area contributed by atoms with Gasteiger partial charge in [-0.3, -0.25) is 4.79 Å². The van der Waals surface area contributed by atoms with E-state index in [-0.39, 0.29) is 17.9 Å². The van der Waals surface area contributed by atoms with Crippen LogP contribution in [-0.2, 0) is 4.79 Å². The predicted molar refractivity (Wildman–Crippen MR) is 87.3 cm³/mol. The van der Waals surface area contributed by atoms with E-state index in [9.17, 15) is 9.90 Å². The minimum absolute atomic E-state index is 0.149. The molecule has 2 aliphatic rings. The molecule has 106 valence electrons. The fourth-order valence-electron chi connectivity index (χ4n) is 3.28. The Morgan fingerprint density at radius 1 is 1.40 bits per heavy atom. The molecule has 1 fully saturated rings. The maximum Gasteiger partial charge on any atom is 0.160 e. The maximum absolute atomic E-state index is 12.3. The van der Waals surface area contributed by atoms with Crippen LogP contribution in [0.3, 0.4) is 0 Å². The van der Waals surface area contributed by atoms with Crippen LogP contribution in [-0.4, -0.2) is 29.1 Å². The van der Waals surface area contributed by atoms with Crippen LogP contribution < -0.4 is 5.32 Å². The Morgan fingerprint density at radius 2 is 2.10 bits per heavy atom. The van der Waals surface area contributed by atoms with Gasteiger partial charge in [-0.05, 0) is 58.7 Å². The number of fused-ring (bicyclic) bond motifs is 2. The second-order valence-corrected chi connectivity index (χ2v) is 6.77. The average molecular weight is 383 g/mol. The Balaban J connectivity index is 2.09. The number of nitrogens with one attached hydrogen (secondary N) is 1. The zero-order valence-corrected chi connectivity index (χ0v) is 13.6. The summed E-state index contributed by atoms with van der Waals surface area (Å²) in [6.07, 6.45) is 1.61. The number of hydrogen-bond donors (Lipinski definition) is 2. The lowest BCUT2D eigenvalue weighted by atomic mass is 9.86. The van der Waals surface area contributed by atoms with Crippen LogP contribution in [0.15, 0.2) is 29.8 Å². The number of ketones is 1. The molecular weight excluding hydrogens is 365 g/mol. The molecule has 1 aromatic carbocycles. The number of aliphatic hydroxyl groups excluding tert-OH is 1. The summed E-state index contributed by atoms with van der Waals surface area (Å²) >= 11 is 2.28. The molecule has 0 aromatic heterocycles. The van der Waals surface area contributed by atoms with Gasteiger partial charge in [0.05, 0.1) is 12.1 Å². The third-order valence-corrected chi connectivity index (χ3v) is 4.95. The van der Waals surface area contributed by atoms with Gasteiger partial charge in [0.25, 0.3) is 0 Å². The number of carbonyl (C=O) groups excluding carboxylic acids is 1. The van der Waals surface area contributed by atoms with Crippen LogP contribution in [0.2, 0.25) is 0 Å². The van der Waals surface area contributed by atoms with Gasteiger partial charge in [0.15, 0.2) is 5.78 Å². The summed E-state index contributed by atoms with van der Waals surface area (Å²) in [7, 11) is 0. The lowest BCUT2D eigenvalue weighted by molar-refractivity contribution is -0.115. The van der Waals surface area contributed by atoms with Crippen LogP contribution in [0, 0.1) is 3.57 Å². The molecule has 0 spiro atoms. The first-order chi connectivity index (χ1) is 9.60. The largest absolute Gasteiger partial charge is 0.391 e. The highest BCUT2D eigenvalue weighted by Crippen LogP contribution is 2.38. The van der Waals surface area contributed by atoms with Gasteiger partial charge >= 0.3 is 0 Å². The Bertz CT molecular complexity index is 564. The molecule has 3 atom stereocenters. The summed E-state index contributed by atoms with van der Waals surface area (Å²) in [5.74, 6) is 0.149. The third kappa shape index (κ3) is 2.44. The van der Waals surface area contributed by atoms with Gasteiger partial charge in [0.1, 0.15) is 0 Å². The Morgan fingerprint density at radius 3 is 2.75 bits per heavy atom. The first-order valence-corrected chi connectivity index (χ1v) is 8.14. The first-order valence-electron chi connectivity index (χ1n) is 7.06. The van der Waals surface area contributed by atoms with Gasteiger partial charge in [-0.1, -0.05) is 19.1 Å². The maximum atomic E-state index is 12.3. The van der Waals surface area contributed by atoms with Gasteiger partial charge in [0.2, 0.25) is 0 Å². The van der Waals surface area contributed by atoms with E-state index in [1.54, 1.807) is 0 Å². The summed E-state index contributed by atoms with van der Waals surface area (Å²) < 4.78 is 1.19. The molecule has 0 aliphatic carbocycles. The normalized spacial score (nSPS) is 28.9. The zero-order chi connectivity index (χ0) is 14.3. The van der Waals surface area contributed by atoms with Crippen LogP contribution >= 0.6 is 22.6 Å². The van der Waals surface area contributed by atoms with Crippen molar-refractivity contribution in [2.45, 2.75) is 44.4 Å². The second-order valence-electron chi connectivity index (χ2n) is 5.52. The summed E-state index contributed by atoms with van der Waals surface area (Å²) in [5.41, 5.74) is 3.04. The number of halogens is 1. The molecule has 2 aliphatic heterocycles. The second kappa shape index (κ2) is 5.58. The number of Topliss-reactive ketones (excluding diaryl/α,β-unsaturated/α-hetero) is 1. The van der Waals surface area contributed by atoms with E-state index in [4.69, 9.17) is 0 Å². The number of benzene rings is 1. The van der Waals surface area contributed by atoms with E-state index in [0.29, 0.717) is 6.42 Å². The molecule has 2 N–H and O–H groups in total. The van der Waals surface area contributed by atoms with E-state index < -0.39 is 6.10 Å². The Hall–Kier alpha value is -0.720. The standard InChI is InChI=1S/C16H18INO2/c1-2-13(19)15-12(9-3-5-10(17)6-4-9)7-11-8-14(20)16(15)18-11/h3-6,11,14,16,18,20H,2,7-8H2,1H3/t11?,14?,16-/m0/s1. The van der Waals surface area contributed by atoms with Crippen LogP contribution in [0.25, 0.3) is 5.57 Å². The molecule has 0 radical (unpaired) electrons. The monoisotopic (exact) mass is 383 g/mol. The first kappa shape index (κ1) is 14.2. The van der Waals surface area contributed by atoms with Crippen molar-refractivity contribution in [2.75, 3.05) is 0 Å². The van der Waals surface area contributed by atoms with E-state index in [0.717, 1.165) is 29.6 Å². The zero-order valence-electron chi connectivity index (χ0n) is 11.4. The van der Waals surface area contributed by atoms with Gasteiger partial charge in [-0.25, -0.2) is 0 Å². The molecule has 3 nitrogen and oxygen atoms in total. The minimum Gasteiger partial charge on any atom is -0.391 e.